The van der Waals surface area contributed by atoms with Crippen LogP contribution in [0.5, 0.6) is 11.5 Å². The Labute approximate surface area is 160 Å². The molecule has 0 fully saturated rings. The van der Waals surface area contributed by atoms with E-state index in [0.717, 1.165) is 24.0 Å². The molecule has 2 rings (SSSR count). The SMILES string of the molecule is CCCCOC(CCO)C(=O)Oc1c(C)cccc1OCc1ccccc1. The summed E-state index contributed by atoms with van der Waals surface area (Å²) in [7, 11) is 0. The first-order valence-corrected chi connectivity index (χ1v) is 9.36. The third-order valence-electron chi connectivity index (χ3n) is 4.09. The lowest BCUT2D eigenvalue weighted by Crippen LogP contribution is -2.30. The van der Waals surface area contributed by atoms with Gasteiger partial charge in [0, 0.05) is 19.6 Å². The first-order valence-electron chi connectivity index (χ1n) is 9.36. The van der Waals surface area contributed by atoms with Crippen LogP contribution in [0.1, 0.15) is 37.3 Å². The number of carbonyl (C=O) groups excluding carboxylic acids is 1. The minimum Gasteiger partial charge on any atom is -0.485 e. The highest BCUT2D eigenvalue weighted by Gasteiger charge is 2.23. The maximum atomic E-state index is 12.6. The number of hydrogen-bond donors (Lipinski definition) is 1. The molecule has 5 heteroatoms. The third-order valence-corrected chi connectivity index (χ3v) is 4.09. The van der Waals surface area contributed by atoms with Crippen molar-refractivity contribution < 1.29 is 24.1 Å². The normalized spacial score (nSPS) is 11.8. The van der Waals surface area contributed by atoms with Crippen molar-refractivity contribution >= 4 is 5.97 Å². The van der Waals surface area contributed by atoms with Gasteiger partial charge in [0.05, 0.1) is 0 Å². The zero-order chi connectivity index (χ0) is 19.5. The predicted molar refractivity (Wildman–Crippen MR) is 104 cm³/mol. The van der Waals surface area contributed by atoms with E-state index in [1.165, 1.54) is 0 Å². The number of aliphatic hydroxyl groups is 1. The first kappa shape index (κ1) is 20.9. The number of ether oxygens (including phenoxy) is 3. The Morgan fingerprint density at radius 3 is 2.59 bits per heavy atom. The summed E-state index contributed by atoms with van der Waals surface area (Å²) < 4.78 is 17.1. The summed E-state index contributed by atoms with van der Waals surface area (Å²) in [6.07, 6.45) is 1.23. The van der Waals surface area contributed by atoms with Gasteiger partial charge in [-0.3, -0.25) is 0 Å². The summed E-state index contributed by atoms with van der Waals surface area (Å²) in [6, 6.07) is 15.3. The van der Waals surface area contributed by atoms with E-state index in [-0.39, 0.29) is 13.0 Å². The van der Waals surface area contributed by atoms with Crippen molar-refractivity contribution in [3.63, 3.8) is 0 Å². The molecular weight excluding hydrogens is 344 g/mol. The minimum atomic E-state index is -0.789. The van der Waals surface area contributed by atoms with Crippen molar-refractivity contribution in [2.24, 2.45) is 0 Å². The van der Waals surface area contributed by atoms with Crippen molar-refractivity contribution in [1.82, 2.24) is 0 Å². The molecule has 1 N–H and O–H groups in total. The number of para-hydroxylation sites is 1. The van der Waals surface area contributed by atoms with Gasteiger partial charge in [0.1, 0.15) is 6.61 Å². The van der Waals surface area contributed by atoms with E-state index in [0.29, 0.717) is 24.7 Å². The molecule has 0 bridgehead atoms. The average Bonchev–Trinajstić information content (AvgIpc) is 2.68. The number of rotatable bonds is 11. The largest absolute Gasteiger partial charge is 0.485 e. The highest BCUT2D eigenvalue weighted by molar-refractivity contribution is 5.78. The number of esters is 1. The van der Waals surface area contributed by atoms with Gasteiger partial charge in [0.25, 0.3) is 0 Å². The smallest absolute Gasteiger partial charge is 0.340 e. The standard InChI is InChI=1S/C22H28O5/c1-3-4-15-25-20(13-14-23)22(24)27-21-17(2)9-8-12-19(21)26-16-18-10-6-5-7-11-18/h5-12,20,23H,3-4,13-16H2,1-2H3. The summed E-state index contributed by atoms with van der Waals surface area (Å²) in [5, 5.41) is 9.22. The van der Waals surface area contributed by atoms with Crippen LogP contribution in [-0.4, -0.2) is 30.4 Å². The maximum Gasteiger partial charge on any atom is 0.340 e. The zero-order valence-corrected chi connectivity index (χ0v) is 16.0. The summed E-state index contributed by atoms with van der Waals surface area (Å²) >= 11 is 0. The summed E-state index contributed by atoms with van der Waals surface area (Å²) in [5.41, 5.74) is 1.82. The molecule has 0 aromatic heterocycles. The van der Waals surface area contributed by atoms with Gasteiger partial charge in [0.2, 0.25) is 0 Å². The second kappa shape index (κ2) is 11.4. The molecule has 0 aliphatic heterocycles. The molecule has 0 aliphatic rings. The Kier molecular flexibility index (Phi) is 8.81. The molecular formula is C22H28O5. The second-order valence-electron chi connectivity index (χ2n) is 6.32. The quantitative estimate of drug-likeness (QED) is 0.366. The minimum absolute atomic E-state index is 0.142. The number of aryl methyl sites for hydroxylation is 1. The molecule has 2 aromatic carbocycles. The van der Waals surface area contributed by atoms with Gasteiger partial charge in [-0.25, -0.2) is 4.79 Å². The maximum absolute atomic E-state index is 12.6. The number of aliphatic hydroxyl groups excluding tert-OH is 1. The number of unbranched alkanes of at least 4 members (excludes halogenated alkanes) is 1. The van der Waals surface area contributed by atoms with Crippen molar-refractivity contribution in [1.29, 1.82) is 0 Å². The topological polar surface area (TPSA) is 65.0 Å². The van der Waals surface area contributed by atoms with Crippen LogP contribution in [-0.2, 0) is 16.1 Å². The molecule has 0 saturated carbocycles. The Morgan fingerprint density at radius 1 is 1.11 bits per heavy atom. The Morgan fingerprint density at radius 2 is 1.89 bits per heavy atom. The van der Waals surface area contributed by atoms with Crippen molar-refractivity contribution in [3.05, 3.63) is 59.7 Å². The fourth-order valence-electron chi connectivity index (χ4n) is 2.53. The fourth-order valence-corrected chi connectivity index (χ4v) is 2.53. The third kappa shape index (κ3) is 6.70. The van der Waals surface area contributed by atoms with E-state index in [1.54, 1.807) is 6.07 Å². The van der Waals surface area contributed by atoms with E-state index in [2.05, 4.69) is 0 Å². The van der Waals surface area contributed by atoms with E-state index in [9.17, 15) is 9.90 Å². The van der Waals surface area contributed by atoms with Crippen molar-refractivity contribution in [2.75, 3.05) is 13.2 Å². The molecule has 0 heterocycles. The van der Waals surface area contributed by atoms with Crippen LogP contribution in [0.25, 0.3) is 0 Å². The Balaban J connectivity index is 2.08. The van der Waals surface area contributed by atoms with Crippen LogP contribution in [0.2, 0.25) is 0 Å². The molecule has 0 radical (unpaired) electrons. The monoisotopic (exact) mass is 372 g/mol. The van der Waals surface area contributed by atoms with Gasteiger partial charge in [-0.15, -0.1) is 0 Å². The molecule has 27 heavy (non-hydrogen) atoms. The molecule has 0 amide bonds. The molecule has 2 aromatic rings. The van der Waals surface area contributed by atoms with E-state index in [1.807, 2.05) is 56.3 Å². The molecule has 0 saturated heterocycles. The van der Waals surface area contributed by atoms with Crippen LogP contribution in [0, 0.1) is 6.92 Å². The summed E-state index contributed by atoms with van der Waals surface area (Å²) in [6.45, 7) is 4.60. The van der Waals surface area contributed by atoms with Gasteiger partial charge in [0.15, 0.2) is 17.6 Å². The zero-order valence-electron chi connectivity index (χ0n) is 16.0. The Hall–Kier alpha value is -2.37. The van der Waals surface area contributed by atoms with Crippen LogP contribution in [0.4, 0.5) is 0 Å². The Bertz CT molecular complexity index is 699. The summed E-state index contributed by atoms with van der Waals surface area (Å²) in [4.78, 5) is 12.6. The van der Waals surface area contributed by atoms with Crippen molar-refractivity contribution in [3.8, 4) is 11.5 Å². The molecule has 0 spiro atoms. The molecule has 5 nitrogen and oxygen atoms in total. The van der Waals surface area contributed by atoms with Gasteiger partial charge in [-0.05, 0) is 30.5 Å². The van der Waals surface area contributed by atoms with E-state index < -0.39 is 12.1 Å². The molecule has 1 atom stereocenters. The average molecular weight is 372 g/mol. The second-order valence-corrected chi connectivity index (χ2v) is 6.32. The lowest BCUT2D eigenvalue weighted by Gasteiger charge is -2.18. The van der Waals surface area contributed by atoms with Crippen LogP contribution < -0.4 is 9.47 Å². The lowest BCUT2D eigenvalue weighted by molar-refractivity contribution is -0.148. The van der Waals surface area contributed by atoms with Gasteiger partial charge in [-0.2, -0.15) is 0 Å². The molecule has 1 unspecified atom stereocenters. The summed E-state index contributed by atoms with van der Waals surface area (Å²) in [5.74, 6) is 0.378. The van der Waals surface area contributed by atoms with E-state index >= 15 is 0 Å². The molecule has 0 aliphatic carbocycles. The highest BCUT2D eigenvalue weighted by atomic mass is 16.6. The predicted octanol–water partition coefficient (Wildman–Crippen LogP) is 4.05. The van der Waals surface area contributed by atoms with Gasteiger partial charge < -0.3 is 19.3 Å². The van der Waals surface area contributed by atoms with E-state index in [4.69, 9.17) is 14.2 Å². The van der Waals surface area contributed by atoms with Gasteiger partial charge >= 0.3 is 5.97 Å². The fraction of sp³-hybridized carbons (Fsp3) is 0.409. The number of benzene rings is 2. The van der Waals surface area contributed by atoms with Gasteiger partial charge in [-0.1, -0.05) is 55.8 Å². The molecule has 146 valence electrons. The number of carbonyl (C=O) groups is 1. The van der Waals surface area contributed by atoms with Crippen LogP contribution in [0.3, 0.4) is 0 Å². The lowest BCUT2D eigenvalue weighted by atomic mass is 10.2. The van der Waals surface area contributed by atoms with Crippen LogP contribution >= 0.6 is 0 Å². The highest BCUT2D eigenvalue weighted by Crippen LogP contribution is 2.32. The first-order chi connectivity index (χ1) is 13.2. The van der Waals surface area contributed by atoms with Crippen molar-refractivity contribution in [2.45, 2.75) is 45.8 Å². The van der Waals surface area contributed by atoms with Crippen LogP contribution in [0.15, 0.2) is 48.5 Å². The number of hydrogen-bond acceptors (Lipinski definition) is 5.